The molecule has 0 bridgehead atoms. The molecule has 0 saturated heterocycles. The molecule has 2 rings (SSSR count). The molecule has 0 radical (unpaired) electrons. The lowest BCUT2D eigenvalue weighted by Gasteiger charge is -2.32. The van der Waals surface area contributed by atoms with E-state index in [2.05, 4.69) is 15.4 Å². The number of para-hydroxylation sites is 1. The van der Waals surface area contributed by atoms with E-state index >= 15 is 0 Å². The predicted molar refractivity (Wildman–Crippen MR) is 71.7 cm³/mol. The third kappa shape index (κ3) is 3.32. The van der Waals surface area contributed by atoms with Gasteiger partial charge in [0.1, 0.15) is 17.5 Å². The second-order valence-electron chi connectivity index (χ2n) is 5.56. The monoisotopic (exact) mass is 261 g/mol. The highest BCUT2D eigenvalue weighted by atomic mass is 16.5. The minimum Gasteiger partial charge on any atom is -0.481 e. The maximum absolute atomic E-state index is 10.5. The second kappa shape index (κ2) is 5.40. The van der Waals surface area contributed by atoms with Gasteiger partial charge in [-0.15, -0.1) is 5.10 Å². The van der Waals surface area contributed by atoms with Crippen molar-refractivity contribution in [2.45, 2.75) is 33.0 Å². The zero-order valence-electron chi connectivity index (χ0n) is 11.4. The van der Waals surface area contributed by atoms with Crippen LogP contribution >= 0.6 is 0 Å². The molecule has 102 valence electrons. The molecule has 0 amide bonds. The Morgan fingerprint density at radius 1 is 1.21 bits per heavy atom. The normalized spacial score (nSPS) is 14.9. The first-order valence-electron chi connectivity index (χ1n) is 6.24. The van der Waals surface area contributed by atoms with Gasteiger partial charge in [-0.25, -0.2) is 0 Å². The van der Waals surface area contributed by atoms with E-state index in [1.807, 2.05) is 51.1 Å². The van der Waals surface area contributed by atoms with Gasteiger partial charge in [0.25, 0.3) is 0 Å². The van der Waals surface area contributed by atoms with E-state index in [0.717, 1.165) is 0 Å². The first-order valence-corrected chi connectivity index (χ1v) is 6.24. The number of benzene rings is 1. The van der Waals surface area contributed by atoms with Crippen molar-refractivity contribution < 1.29 is 9.84 Å². The zero-order chi connectivity index (χ0) is 13.9. The van der Waals surface area contributed by atoms with Crippen molar-refractivity contribution in [2.75, 3.05) is 0 Å². The molecule has 2 atom stereocenters. The van der Waals surface area contributed by atoms with Crippen LogP contribution in [0.3, 0.4) is 0 Å². The van der Waals surface area contributed by atoms with E-state index in [1.165, 1.54) is 0 Å². The number of aromatic amines is 1. The van der Waals surface area contributed by atoms with Crippen molar-refractivity contribution in [2.24, 2.45) is 5.41 Å². The number of nitrogens with zero attached hydrogens (tertiary/aromatic N) is 2. The first kappa shape index (κ1) is 13.5. The standard InChI is InChI=1S/C14H19N3O2/c1-14(2,3)13(18)12(11-9-15-17-16-11)19-10-7-5-4-6-8-10/h4-9,12-13,18H,1-3H3,(H,15,16,17). The molecule has 0 spiro atoms. The van der Waals surface area contributed by atoms with E-state index in [1.54, 1.807) is 6.20 Å². The van der Waals surface area contributed by atoms with E-state index in [9.17, 15) is 5.11 Å². The van der Waals surface area contributed by atoms with Gasteiger partial charge in [0, 0.05) is 6.20 Å². The van der Waals surface area contributed by atoms with Crippen LogP contribution < -0.4 is 4.74 Å². The Kier molecular flexibility index (Phi) is 3.85. The Bertz CT molecular complexity index is 491. The van der Waals surface area contributed by atoms with Crippen LogP contribution in [0.5, 0.6) is 5.75 Å². The lowest BCUT2D eigenvalue weighted by atomic mass is 9.85. The van der Waals surface area contributed by atoms with Crippen molar-refractivity contribution in [3.8, 4) is 5.75 Å². The summed E-state index contributed by atoms with van der Waals surface area (Å²) in [4.78, 5) is 0. The van der Waals surface area contributed by atoms with Crippen LogP contribution in [0.1, 0.15) is 32.6 Å². The van der Waals surface area contributed by atoms with Gasteiger partial charge in [-0.3, -0.25) is 5.10 Å². The maximum Gasteiger partial charge on any atom is 0.170 e. The highest BCUT2D eigenvalue weighted by Crippen LogP contribution is 2.32. The number of nitrogens with one attached hydrogen (secondary N) is 1. The fourth-order valence-electron chi connectivity index (χ4n) is 1.74. The van der Waals surface area contributed by atoms with Crippen LogP contribution in [0.15, 0.2) is 36.5 Å². The molecule has 19 heavy (non-hydrogen) atoms. The smallest absolute Gasteiger partial charge is 0.170 e. The molecular formula is C14H19N3O2. The van der Waals surface area contributed by atoms with E-state index < -0.39 is 12.2 Å². The van der Waals surface area contributed by atoms with Crippen molar-refractivity contribution in [1.82, 2.24) is 15.4 Å². The molecule has 0 saturated carbocycles. The molecule has 0 fully saturated rings. The molecule has 2 unspecified atom stereocenters. The van der Waals surface area contributed by atoms with Crippen LogP contribution in [-0.4, -0.2) is 26.6 Å². The number of ether oxygens (including phenoxy) is 1. The number of hydrogen-bond acceptors (Lipinski definition) is 4. The van der Waals surface area contributed by atoms with Crippen molar-refractivity contribution in [1.29, 1.82) is 0 Å². The number of H-pyrrole nitrogens is 1. The highest BCUT2D eigenvalue weighted by molar-refractivity contribution is 5.22. The molecule has 2 aromatic rings. The first-order chi connectivity index (χ1) is 8.98. The average Bonchev–Trinajstić information content (AvgIpc) is 2.89. The summed E-state index contributed by atoms with van der Waals surface area (Å²) in [5.74, 6) is 0.693. The number of aliphatic hydroxyl groups is 1. The largest absolute Gasteiger partial charge is 0.481 e. The van der Waals surface area contributed by atoms with Crippen molar-refractivity contribution in [3.63, 3.8) is 0 Å². The summed E-state index contributed by atoms with van der Waals surface area (Å²) in [5, 5.41) is 20.8. The Morgan fingerprint density at radius 2 is 1.89 bits per heavy atom. The summed E-state index contributed by atoms with van der Waals surface area (Å²) in [7, 11) is 0. The van der Waals surface area contributed by atoms with Gasteiger partial charge in [0.2, 0.25) is 0 Å². The van der Waals surface area contributed by atoms with Crippen LogP contribution in [0, 0.1) is 5.41 Å². The number of aliphatic hydroxyl groups excluding tert-OH is 1. The molecule has 2 N–H and O–H groups in total. The van der Waals surface area contributed by atoms with Gasteiger partial charge in [-0.1, -0.05) is 44.2 Å². The van der Waals surface area contributed by atoms with E-state index in [0.29, 0.717) is 11.4 Å². The summed E-state index contributed by atoms with van der Waals surface area (Å²) < 4.78 is 5.87. The molecular weight excluding hydrogens is 242 g/mol. The van der Waals surface area contributed by atoms with Gasteiger partial charge < -0.3 is 9.84 Å². The minimum atomic E-state index is -0.696. The number of aromatic nitrogens is 3. The lowest BCUT2D eigenvalue weighted by Crippen LogP contribution is -2.35. The maximum atomic E-state index is 10.5. The Morgan fingerprint density at radius 3 is 2.42 bits per heavy atom. The van der Waals surface area contributed by atoms with Gasteiger partial charge in [-0.2, -0.15) is 0 Å². The highest BCUT2D eigenvalue weighted by Gasteiger charge is 2.34. The fourth-order valence-corrected chi connectivity index (χ4v) is 1.74. The van der Waals surface area contributed by atoms with Gasteiger partial charge in [-0.05, 0) is 17.5 Å². The molecule has 0 aliphatic carbocycles. The SMILES string of the molecule is CC(C)(C)C(O)C(Oc1ccccc1)c1c[nH]nn1. The van der Waals surface area contributed by atoms with Gasteiger partial charge in [0.05, 0.1) is 0 Å². The fraction of sp³-hybridized carbons (Fsp3) is 0.429. The van der Waals surface area contributed by atoms with Crippen LogP contribution in [-0.2, 0) is 0 Å². The van der Waals surface area contributed by atoms with E-state index in [4.69, 9.17) is 4.74 Å². The molecule has 1 heterocycles. The molecule has 0 aliphatic heterocycles. The minimum absolute atomic E-state index is 0.321. The molecule has 0 aliphatic rings. The van der Waals surface area contributed by atoms with Gasteiger partial charge >= 0.3 is 0 Å². The van der Waals surface area contributed by atoms with Crippen molar-refractivity contribution in [3.05, 3.63) is 42.2 Å². The van der Waals surface area contributed by atoms with Gasteiger partial charge in [0.15, 0.2) is 6.10 Å². The van der Waals surface area contributed by atoms with E-state index in [-0.39, 0.29) is 5.41 Å². The topological polar surface area (TPSA) is 71.0 Å². The Labute approximate surface area is 112 Å². The van der Waals surface area contributed by atoms with Crippen molar-refractivity contribution >= 4 is 0 Å². The number of hydrogen-bond donors (Lipinski definition) is 2. The molecule has 1 aromatic heterocycles. The summed E-state index contributed by atoms with van der Waals surface area (Å²) in [6.45, 7) is 5.87. The van der Waals surface area contributed by atoms with Crippen LogP contribution in [0.2, 0.25) is 0 Å². The quantitative estimate of drug-likeness (QED) is 0.886. The summed E-state index contributed by atoms with van der Waals surface area (Å²) in [5.41, 5.74) is 0.268. The third-order valence-corrected chi connectivity index (χ3v) is 2.91. The predicted octanol–water partition coefficient (Wildman–Crippen LogP) is 2.33. The Hall–Kier alpha value is -1.88. The lowest BCUT2D eigenvalue weighted by molar-refractivity contribution is -0.0350. The summed E-state index contributed by atoms with van der Waals surface area (Å²) in [6.07, 6.45) is 0.390. The summed E-state index contributed by atoms with van der Waals surface area (Å²) in [6, 6.07) is 9.39. The zero-order valence-corrected chi connectivity index (χ0v) is 11.4. The second-order valence-corrected chi connectivity index (χ2v) is 5.56. The third-order valence-electron chi connectivity index (χ3n) is 2.91. The molecule has 1 aromatic carbocycles. The average molecular weight is 261 g/mol. The molecule has 5 nitrogen and oxygen atoms in total. The Balaban J connectivity index is 2.25. The summed E-state index contributed by atoms with van der Waals surface area (Å²) >= 11 is 0. The molecule has 5 heteroatoms. The van der Waals surface area contributed by atoms with Crippen LogP contribution in [0.25, 0.3) is 0 Å². The van der Waals surface area contributed by atoms with Crippen LogP contribution in [0.4, 0.5) is 0 Å². The number of rotatable bonds is 4.